The van der Waals surface area contributed by atoms with Gasteiger partial charge in [-0.05, 0) is 43.2 Å². The molecule has 0 spiro atoms. The standard InChI is InChI=1S/C23H24N4O/c1-16-17(2)26-21-9-8-19(14-20(16)21)23(28)25-11-10-22-24-12-13-27(22)15-18-6-4-3-5-7-18/h3-9,12-14,26H,10-11,15H2,1-2H3,(H,25,28). The van der Waals surface area contributed by atoms with Crippen molar-refractivity contribution in [2.45, 2.75) is 26.8 Å². The van der Waals surface area contributed by atoms with Gasteiger partial charge in [0.05, 0.1) is 0 Å². The normalized spacial score (nSPS) is 11.1. The first-order chi connectivity index (χ1) is 13.6. The molecule has 2 heterocycles. The molecule has 4 rings (SSSR count). The van der Waals surface area contributed by atoms with E-state index in [1.54, 1.807) is 0 Å². The number of hydrogen-bond donors (Lipinski definition) is 2. The van der Waals surface area contributed by atoms with Crippen molar-refractivity contribution >= 4 is 16.8 Å². The van der Waals surface area contributed by atoms with Crippen LogP contribution >= 0.6 is 0 Å². The second-order valence-corrected chi connectivity index (χ2v) is 7.10. The van der Waals surface area contributed by atoms with Gasteiger partial charge in [0.2, 0.25) is 0 Å². The van der Waals surface area contributed by atoms with Gasteiger partial charge < -0.3 is 14.9 Å². The Bertz CT molecular complexity index is 1110. The third-order valence-corrected chi connectivity index (χ3v) is 5.20. The molecule has 5 nitrogen and oxygen atoms in total. The van der Waals surface area contributed by atoms with E-state index in [-0.39, 0.29) is 5.91 Å². The summed E-state index contributed by atoms with van der Waals surface area (Å²) in [4.78, 5) is 20.3. The molecular weight excluding hydrogens is 348 g/mol. The summed E-state index contributed by atoms with van der Waals surface area (Å²) < 4.78 is 2.12. The minimum atomic E-state index is -0.0543. The number of carbonyl (C=O) groups is 1. The second-order valence-electron chi connectivity index (χ2n) is 7.10. The van der Waals surface area contributed by atoms with Gasteiger partial charge in [0, 0.05) is 54.1 Å². The molecule has 0 bridgehead atoms. The van der Waals surface area contributed by atoms with Gasteiger partial charge in [0.15, 0.2) is 0 Å². The summed E-state index contributed by atoms with van der Waals surface area (Å²) in [6.45, 7) is 5.45. The van der Waals surface area contributed by atoms with Crippen LogP contribution in [0.25, 0.3) is 10.9 Å². The van der Waals surface area contributed by atoms with Crippen molar-refractivity contribution in [3.63, 3.8) is 0 Å². The van der Waals surface area contributed by atoms with Gasteiger partial charge in [-0.15, -0.1) is 0 Å². The van der Waals surface area contributed by atoms with Gasteiger partial charge in [-0.1, -0.05) is 30.3 Å². The van der Waals surface area contributed by atoms with Crippen molar-refractivity contribution in [2.75, 3.05) is 6.54 Å². The van der Waals surface area contributed by atoms with Crippen LogP contribution in [0.4, 0.5) is 0 Å². The van der Waals surface area contributed by atoms with Crippen molar-refractivity contribution in [1.29, 1.82) is 0 Å². The molecule has 0 saturated heterocycles. The number of imidazole rings is 1. The van der Waals surface area contributed by atoms with Crippen LogP contribution < -0.4 is 5.32 Å². The maximum absolute atomic E-state index is 12.6. The number of fused-ring (bicyclic) bond motifs is 1. The lowest BCUT2D eigenvalue weighted by Crippen LogP contribution is -2.26. The van der Waals surface area contributed by atoms with Gasteiger partial charge in [0.1, 0.15) is 5.82 Å². The number of nitrogens with zero attached hydrogens (tertiary/aromatic N) is 2. The largest absolute Gasteiger partial charge is 0.358 e. The van der Waals surface area contributed by atoms with E-state index in [2.05, 4.69) is 38.9 Å². The van der Waals surface area contributed by atoms with Crippen molar-refractivity contribution in [3.05, 3.63) is 89.1 Å². The molecule has 4 aromatic rings. The molecule has 0 atom stereocenters. The van der Waals surface area contributed by atoms with Gasteiger partial charge in [-0.2, -0.15) is 0 Å². The van der Waals surface area contributed by atoms with E-state index in [1.165, 1.54) is 11.1 Å². The highest BCUT2D eigenvalue weighted by molar-refractivity contribution is 5.99. The number of H-pyrrole nitrogens is 1. The average Bonchev–Trinajstić information content (AvgIpc) is 3.26. The predicted octanol–water partition coefficient (Wildman–Crippen LogP) is 4.00. The van der Waals surface area contributed by atoms with E-state index in [9.17, 15) is 4.79 Å². The van der Waals surface area contributed by atoms with Crippen molar-refractivity contribution in [3.8, 4) is 0 Å². The Morgan fingerprint density at radius 1 is 1.14 bits per heavy atom. The van der Waals surface area contributed by atoms with Crippen LogP contribution in [0.3, 0.4) is 0 Å². The molecule has 0 aliphatic rings. The first-order valence-electron chi connectivity index (χ1n) is 9.53. The molecule has 0 fully saturated rings. The molecule has 2 aromatic carbocycles. The van der Waals surface area contributed by atoms with Gasteiger partial charge in [0.25, 0.3) is 5.91 Å². The summed E-state index contributed by atoms with van der Waals surface area (Å²) >= 11 is 0. The first-order valence-corrected chi connectivity index (χ1v) is 9.53. The van der Waals surface area contributed by atoms with E-state index in [1.807, 2.05) is 55.7 Å². The fourth-order valence-electron chi connectivity index (χ4n) is 3.48. The number of carbonyl (C=O) groups excluding carboxylic acids is 1. The van der Waals surface area contributed by atoms with Crippen molar-refractivity contribution < 1.29 is 4.79 Å². The molecule has 2 N–H and O–H groups in total. The van der Waals surface area contributed by atoms with E-state index in [0.29, 0.717) is 18.5 Å². The molecular formula is C23H24N4O. The molecule has 2 aromatic heterocycles. The van der Waals surface area contributed by atoms with Crippen LogP contribution in [0.2, 0.25) is 0 Å². The summed E-state index contributed by atoms with van der Waals surface area (Å²) in [6.07, 6.45) is 4.48. The highest BCUT2D eigenvalue weighted by Gasteiger charge is 2.10. The quantitative estimate of drug-likeness (QED) is 0.537. The minimum absolute atomic E-state index is 0.0543. The third-order valence-electron chi connectivity index (χ3n) is 5.20. The SMILES string of the molecule is Cc1[nH]c2ccc(C(=O)NCCc3nccn3Cc3ccccc3)cc2c1C. The van der Waals surface area contributed by atoms with Crippen LogP contribution in [-0.2, 0) is 13.0 Å². The molecule has 28 heavy (non-hydrogen) atoms. The Kier molecular flexibility index (Phi) is 4.98. The number of aromatic nitrogens is 3. The maximum Gasteiger partial charge on any atom is 0.251 e. The second kappa shape index (κ2) is 7.72. The summed E-state index contributed by atoms with van der Waals surface area (Å²) in [5.74, 6) is 0.915. The average molecular weight is 372 g/mol. The molecule has 0 saturated carbocycles. The summed E-state index contributed by atoms with van der Waals surface area (Å²) in [6, 6.07) is 16.1. The number of aryl methyl sites for hydroxylation is 2. The van der Waals surface area contributed by atoms with Crippen LogP contribution in [0.1, 0.15) is 33.0 Å². The molecule has 142 valence electrons. The molecule has 0 aliphatic heterocycles. The van der Waals surface area contributed by atoms with Crippen LogP contribution in [0.15, 0.2) is 60.9 Å². The zero-order valence-electron chi connectivity index (χ0n) is 16.2. The Hall–Kier alpha value is -3.34. The van der Waals surface area contributed by atoms with E-state index < -0.39 is 0 Å². The van der Waals surface area contributed by atoms with Crippen molar-refractivity contribution in [1.82, 2.24) is 19.9 Å². The van der Waals surface area contributed by atoms with E-state index in [0.717, 1.165) is 29.0 Å². The van der Waals surface area contributed by atoms with Crippen LogP contribution in [0.5, 0.6) is 0 Å². The lowest BCUT2D eigenvalue weighted by atomic mass is 10.1. The van der Waals surface area contributed by atoms with Gasteiger partial charge in [-0.3, -0.25) is 4.79 Å². The number of benzene rings is 2. The summed E-state index contributed by atoms with van der Waals surface area (Å²) in [7, 11) is 0. The maximum atomic E-state index is 12.6. The number of amides is 1. The minimum Gasteiger partial charge on any atom is -0.358 e. The molecule has 0 unspecified atom stereocenters. The number of rotatable bonds is 6. The zero-order valence-corrected chi connectivity index (χ0v) is 16.2. The number of hydrogen-bond acceptors (Lipinski definition) is 2. The highest BCUT2D eigenvalue weighted by atomic mass is 16.1. The lowest BCUT2D eigenvalue weighted by Gasteiger charge is -2.09. The smallest absolute Gasteiger partial charge is 0.251 e. The zero-order chi connectivity index (χ0) is 19.5. The van der Waals surface area contributed by atoms with Gasteiger partial charge >= 0.3 is 0 Å². The van der Waals surface area contributed by atoms with E-state index in [4.69, 9.17) is 0 Å². The lowest BCUT2D eigenvalue weighted by molar-refractivity contribution is 0.0954. The van der Waals surface area contributed by atoms with E-state index >= 15 is 0 Å². The topological polar surface area (TPSA) is 62.7 Å². The van der Waals surface area contributed by atoms with Crippen molar-refractivity contribution in [2.24, 2.45) is 0 Å². The first kappa shape index (κ1) is 18.0. The fourth-order valence-corrected chi connectivity index (χ4v) is 3.48. The molecule has 0 aliphatic carbocycles. The third kappa shape index (κ3) is 3.69. The summed E-state index contributed by atoms with van der Waals surface area (Å²) in [5, 5.41) is 4.12. The fraction of sp³-hybridized carbons (Fsp3) is 0.217. The monoisotopic (exact) mass is 372 g/mol. The number of aromatic amines is 1. The molecule has 0 radical (unpaired) electrons. The molecule has 1 amide bonds. The Balaban J connectivity index is 1.39. The number of nitrogens with one attached hydrogen (secondary N) is 2. The van der Waals surface area contributed by atoms with Crippen LogP contribution in [-0.4, -0.2) is 27.0 Å². The Morgan fingerprint density at radius 2 is 1.96 bits per heavy atom. The molecule has 5 heteroatoms. The summed E-state index contributed by atoms with van der Waals surface area (Å²) in [5.41, 5.74) is 5.30. The Morgan fingerprint density at radius 3 is 2.79 bits per heavy atom. The highest BCUT2D eigenvalue weighted by Crippen LogP contribution is 2.22. The van der Waals surface area contributed by atoms with Gasteiger partial charge in [-0.25, -0.2) is 4.98 Å². The van der Waals surface area contributed by atoms with Crippen LogP contribution in [0, 0.1) is 13.8 Å². The predicted molar refractivity (Wildman–Crippen MR) is 112 cm³/mol. The Labute approximate surface area is 164 Å².